The molecule has 0 radical (unpaired) electrons. The lowest BCUT2D eigenvalue weighted by Crippen LogP contribution is -2.26. The molecule has 1 aliphatic rings. The second-order valence-electron chi connectivity index (χ2n) is 3.28. The lowest BCUT2D eigenvalue weighted by molar-refractivity contribution is -0.141. The first-order valence-corrected chi connectivity index (χ1v) is 4.53. The topological polar surface area (TPSA) is 21.3 Å². The molecule has 0 saturated heterocycles. The average molecular weight is 197 g/mol. The van der Waals surface area contributed by atoms with E-state index in [4.69, 9.17) is 4.84 Å². The minimum atomic E-state index is -4.09. The summed E-state index contributed by atoms with van der Waals surface area (Å²) in [7, 11) is 0. The van der Waals surface area contributed by atoms with E-state index in [1.807, 2.05) is 0 Å². The van der Waals surface area contributed by atoms with E-state index in [0.717, 1.165) is 25.7 Å². The first-order valence-electron chi connectivity index (χ1n) is 4.53. The third kappa shape index (κ3) is 5.10. The van der Waals surface area contributed by atoms with Gasteiger partial charge < -0.3 is 0 Å². The average Bonchev–Trinajstić information content (AvgIpc) is 2.48. The van der Waals surface area contributed by atoms with Crippen LogP contribution in [0.15, 0.2) is 0 Å². The molecule has 1 aliphatic carbocycles. The van der Waals surface area contributed by atoms with Gasteiger partial charge in [0.15, 0.2) is 0 Å². The summed E-state index contributed by atoms with van der Waals surface area (Å²) >= 11 is 0. The van der Waals surface area contributed by atoms with E-state index in [2.05, 4.69) is 5.48 Å². The van der Waals surface area contributed by atoms with Gasteiger partial charge in [-0.1, -0.05) is 12.8 Å². The van der Waals surface area contributed by atoms with Crippen LogP contribution in [0.5, 0.6) is 0 Å². The fraction of sp³-hybridized carbons (Fsp3) is 1.00. The molecule has 0 heterocycles. The van der Waals surface area contributed by atoms with Crippen molar-refractivity contribution < 1.29 is 18.0 Å². The van der Waals surface area contributed by atoms with Gasteiger partial charge in [0.25, 0.3) is 0 Å². The van der Waals surface area contributed by atoms with Crippen LogP contribution in [0.4, 0.5) is 13.2 Å². The summed E-state index contributed by atoms with van der Waals surface area (Å²) in [6.45, 7) is -0.153. The van der Waals surface area contributed by atoms with Crippen LogP contribution in [0.3, 0.4) is 0 Å². The van der Waals surface area contributed by atoms with Crippen LogP contribution >= 0.6 is 0 Å². The van der Waals surface area contributed by atoms with Gasteiger partial charge in [-0.25, -0.2) is 5.48 Å². The number of rotatable bonds is 4. The Bertz CT molecular complexity index is 143. The van der Waals surface area contributed by atoms with Crippen molar-refractivity contribution in [1.29, 1.82) is 0 Å². The van der Waals surface area contributed by atoms with E-state index in [0.29, 0.717) is 0 Å². The summed E-state index contributed by atoms with van der Waals surface area (Å²) in [5.41, 5.74) is 2.36. The van der Waals surface area contributed by atoms with Gasteiger partial charge >= 0.3 is 6.18 Å². The molecule has 0 spiro atoms. The zero-order valence-corrected chi connectivity index (χ0v) is 7.36. The number of hydrogen-bond acceptors (Lipinski definition) is 2. The molecule has 0 bridgehead atoms. The van der Waals surface area contributed by atoms with E-state index in [-0.39, 0.29) is 12.6 Å². The Hall–Kier alpha value is -0.290. The number of halogens is 3. The van der Waals surface area contributed by atoms with Crippen molar-refractivity contribution in [3.63, 3.8) is 0 Å². The van der Waals surface area contributed by atoms with E-state index >= 15 is 0 Å². The lowest BCUT2D eigenvalue weighted by atomic mass is 10.3. The molecular formula is C8H14F3NO. The van der Waals surface area contributed by atoms with Gasteiger partial charge in [-0.2, -0.15) is 13.2 Å². The number of hydrogen-bond donors (Lipinski definition) is 1. The summed E-state index contributed by atoms with van der Waals surface area (Å²) in [5, 5.41) is 0. The molecule has 78 valence electrons. The van der Waals surface area contributed by atoms with Crippen molar-refractivity contribution in [2.24, 2.45) is 0 Å². The van der Waals surface area contributed by atoms with Crippen LogP contribution in [-0.2, 0) is 4.84 Å². The van der Waals surface area contributed by atoms with Crippen molar-refractivity contribution in [3.05, 3.63) is 0 Å². The Labute approximate surface area is 75.4 Å². The molecule has 1 saturated carbocycles. The van der Waals surface area contributed by atoms with Gasteiger partial charge in [0.2, 0.25) is 0 Å². The van der Waals surface area contributed by atoms with Gasteiger partial charge in [-0.3, -0.25) is 4.84 Å². The van der Waals surface area contributed by atoms with Gasteiger partial charge in [-0.05, 0) is 12.8 Å². The standard InChI is InChI=1S/C8H14F3NO/c9-8(10,11)5-6-12-13-7-3-1-2-4-7/h7,12H,1-6H2. The maximum absolute atomic E-state index is 11.7. The van der Waals surface area contributed by atoms with Crippen molar-refractivity contribution in [2.75, 3.05) is 6.54 Å². The largest absolute Gasteiger partial charge is 0.390 e. The minimum absolute atomic E-state index is 0.119. The molecular weight excluding hydrogens is 183 g/mol. The summed E-state index contributed by atoms with van der Waals surface area (Å²) in [4.78, 5) is 5.05. The van der Waals surface area contributed by atoms with Crippen LogP contribution in [0.1, 0.15) is 32.1 Å². The van der Waals surface area contributed by atoms with Crippen LogP contribution in [0, 0.1) is 0 Å². The third-order valence-corrected chi connectivity index (χ3v) is 2.06. The van der Waals surface area contributed by atoms with E-state index < -0.39 is 12.6 Å². The predicted molar refractivity (Wildman–Crippen MR) is 42.0 cm³/mol. The van der Waals surface area contributed by atoms with E-state index in [9.17, 15) is 13.2 Å². The van der Waals surface area contributed by atoms with Crippen LogP contribution in [0.2, 0.25) is 0 Å². The predicted octanol–water partition coefficient (Wildman–Crippen LogP) is 2.40. The minimum Gasteiger partial charge on any atom is -0.299 e. The van der Waals surface area contributed by atoms with E-state index in [1.54, 1.807) is 0 Å². The van der Waals surface area contributed by atoms with Gasteiger partial charge in [-0.15, -0.1) is 0 Å². The zero-order chi connectivity index (χ0) is 9.73. The highest BCUT2D eigenvalue weighted by atomic mass is 19.4. The first-order chi connectivity index (χ1) is 6.08. The maximum Gasteiger partial charge on any atom is 0.390 e. The summed E-state index contributed by atoms with van der Waals surface area (Å²) in [6, 6.07) is 0. The van der Waals surface area contributed by atoms with Crippen molar-refractivity contribution >= 4 is 0 Å². The van der Waals surface area contributed by atoms with Crippen LogP contribution in [0.25, 0.3) is 0 Å². The van der Waals surface area contributed by atoms with Gasteiger partial charge in [0.1, 0.15) is 0 Å². The van der Waals surface area contributed by atoms with Crippen LogP contribution in [-0.4, -0.2) is 18.8 Å². The molecule has 0 unspecified atom stereocenters. The normalized spacial score (nSPS) is 19.6. The molecule has 1 fully saturated rings. The van der Waals surface area contributed by atoms with Crippen LogP contribution < -0.4 is 5.48 Å². The Morgan fingerprint density at radius 3 is 2.38 bits per heavy atom. The highest BCUT2D eigenvalue weighted by molar-refractivity contribution is 4.65. The molecule has 1 N–H and O–H groups in total. The molecule has 0 aromatic heterocycles. The highest BCUT2D eigenvalue weighted by Crippen LogP contribution is 2.21. The summed E-state index contributed by atoms with van der Waals surface area (Å²) < 4.78 is 35.0. The second kappa shape index (κ2) is 4.81. The molecule has 13 heavy (non-hydrogen) atoms. The first kappa shape index (κ1) is 10.8. The number of nitrogens with one attached hydrogen (secondary N) is 1. The quantitative estimate of drug-likeness (QED) is 0.552. The van der Waals surface area contributed by atoms with E-state index in [1.165, 1.54) is 0 Å². The Balaban J connectivity index is 1.94. The third-order valence-electron chi connectivity index (χ3n) is 2.06. The Morgan fingerprint density at radius 2 is 1.85 bits per heavy atom. The molecule has 1 rings (SSSR count). The zero-order valence-electron chi connectivity index (χ0n) is 7.36. The SMILES string of the molecule is FC(F)(F)CCNOC1CCCC1. The molecule has 2 nitrogen and oxygen atoms in total. The summed E-state index contributed by atoms with van der Waals surface area (Å²) in [6.07, 6.45) is -0.658. The second-order valence-corrected chi connectivity index (χ2v) is 3.28. The summed E-state index contributed by atoms with van der Waals surface area (Å²) in [5.74, 6) is 0. The molecule has 0 aliphatic heterocycles. The smallest absolute Gasteiger partial charge is 0.299 e. The molecule has 0 aromatic rings. The molecule has 0 amide bonds. The van der Waals surface area contributed by atoms with Crippen molar-refractivity contribution in [2.45, 2.75) is 44.4 Å². The van der Waals surface area contributed by atoms with Gasteiger partial charge in [0.05, 0.1) is 12.5 Å². The Kier molecular flexibility index (Phi) is 3.99. The maximum atomic E-state index is 11.7. The molecule has 5 heteroatoms. The monoisotopic (exact) mass is 197 g/mol. The number of hydroxylamine groups is 1. The van der Waals surface area contributed by atoms with Gasteiger partial charge in [0, 0.05) is 6.54 Å². The van der Waals surface area contributed by atoms with Crippen molar-refractivity contribution in [3.8, 4) is 0 Å². The van der Waals surface area contributed by atoms with Crippen molar-refractivity contribution in [1.82, 2.24) is 5.48 Å². The highest BCUT2D eigenvalue weighted by Gasteiger charge is 2.26. The fourth-order valence-corrected chi connectivity index (χ4v) is 1.38. The lowest BCUT2D eigenvalue weighted by Gasteiger charge is -2.12. The number of alkyl halides is 3. The molecule has 0 aromatic carbocycles. The molecule has 0 atom stereocenters. The fourth-order valence-electron chi connectivity index (χ4n) is 1.38. The Morgan fingerprint density at radius 1 is 1.23 bits per heavy atom.